The number of hydrogen-bond acceptors (Lipinski definition) is 4. The van der Waals surface area contributed by atoms with Gasteiger partial charge in [0.2, 0.25) is 5.91 Å². The Bertz CT molecular complexity index is 945. The molecule has 0 radical (unpaired) electrons. The first-order valence-electron chi connectivity index (χ1n) is 9.26. The molecule has 1 aliphatic rings. The van der Waals surface area contributed by atoms with Gasteiger partial charge in [0.25, 0.3) is 0 Å². The number of carbonyl (C=O) groups excluding carboxylic acids is 1. The number of imidazole rings is 1. The van der Waals surface area contributed by atoms with Crippen molar-refractivity contribution in [1.29, 1.82) is 0 Å². The predicted octanol–water partition coefficient (Wildman–Crippen LogP) is 3.99. The number of anilines is 1. The normalized spacial score (nSPS) is 16.6. The molecule has 6 nitrogen and oxygen atoms in total. The summed E-state index contributed by atoms with van der Waals surface area (Å²) in [6.07, 6.45) is 3.13. The number of methoxy groups -OCH3 is 1. The molecule has 0 bridgehead atoms. The number of ether oxygens (including phenoxy) is 2. The number of fused-ring (bicyclic) bond motifs is 1. The third kappa shape index (κ3) is 3.95. The van der Waals surface area contributed by atoms with Gasteiger partial charge in [-0.3, -0.25) is 4.79 Å². The maximum Gasteiger partial charge on any atom is 0.224 e. The number of nitrogens with zero attached hydrogens (tertiary/aromatic N) is 1. The van der Waals surface area contributed by atoms with Crippen LogP contribution in [0.5, 0.6) is 5.75 Å². The van der Waals surface area contributed by atoms with E-state index in [4.69, 9.17) is 9.47 Å². The van der Waals surface area contributed by atoms with Gasteiger partial charge in [0.05, 0.1) is 18.1 Å². The molecule has 2 N–H and O–H groups in total. The lowest BCUT2D eigenvalue weighted by molar-refractivity contribution is -0.116. The van der Waals surface area contributed by atoms with Crippen LogP contribution in [0.4, 0.5) is 5.69 Å². The standard InChI is InChI=1S/C21H23N3O3/c1-26-18-6-3-2-5-14(18)8-11-20(25)22-15-9-10-16-17(13-15)24-21(23-16)19-7-4-12-27-19/h2-3,5-6,9-10,13,19H,4,7-8,11-12H2,1H3,(H,22,25)(H,23,24). The lowest BCUT2D eigenvalue weighted by Crippen LogP contribution is -2.12. The first-order chi connectivity index (χ1) is 13.2. The maximum atomic E-state index is 12.3. The fourth-order valence-electron chi connectivity index (χ4n) is 3.43. The van der Waals surface area contributed by atoms with Crippen LogP contribution in [0.1, 0.15) is 36.8 Å². The quantitative estimate of drug-likeness (QED) is 0.692. The largest absolute Gasteiger partial charge is 0.496 e. The number of para-hydroxylation sites is 1. The van der Waals surface area contributed by atoms with Crippen molar-refractivity contribution >= 4 is 22.6 Å². The molecule has 3 aromatic rings. The van der Waals surface area contributed by atoms with Gasteiger partial charge in [-0.25, -0.2) is 4.98 Å². The average molecular weight is 365 g/mol. The van der Waals surface area contributed by atoms with Gasteiger partial charge >= 0.3 is 0 Å². The fourth-order valence-corrected chi connectivity index (χ4v) is 3.43. The SMILES string of the molecule is COc1ccccc1CCC(=O)Nc1ccc2nc(C3CCCO3)[nH]c2c1. The Morgan fingerprint density at radius 3 is 3.04 bits per heavy atom. The molecular formula is C21H23N3O3. The molecule has 1 unspecified atom stereocenters. The number of aromatic nitrogens is 2. The number of H-pyrrole nitrogens is 1. The van der Waals surface area contributed by atoms with Gasteiger partial charge in [-0.2, -0.15) is 0 Å². The Balaban J connectivity index is 1.41. The average Bonchev–Trinajstić information content (AvgIpc) is 3.35. The van der Waals surface area contributed by atoms with Gasteiger partial charge in [0, 0.05) is 18.7 Å². The number of hydrogen-bond donors (Lipinski definition) is 2. The fraction of sp³-hybridized carbons (Fsp3) is 0.333. The van der Waals surface area contributed by atoms with Crippen molar-refractivity contribution < 1.29 is 14.3 Å². The summed E-state index contributed by atoms with van der Waals surface area (Å²) >= 11 is 0. The van der Waals surface area contributed by atoms with E-state index in [1.165, 1.54) is 0 Å². The molecule has 1 fully saturated rings. The van der Waals surface area contributed by atoms with E-state index in [0.29, 0.717) is 12.8 Å². The Labute approximate surface area is 157 Å². The van der Waals surface area contributed by atoms with Gasteiger partial charge in [-0.15, -0.1) is 0 Å². The molecule has 1 atom stereocenters. The number of aromatic amines is 1. The minimum atomic E-state index is -0.0286. The van der Waals surface area contributed by atoms with Crippen LogP contribution in [-0.2, 0) is 16.0 Å². The van der Waals surface area contributed by atoms with Gasteiger partial charge in [0.1, 0.15) is 17.7 Å². The minimum absolute atomic E-state index is 0.0286. The summed E-state index contributed by atoms with van der Waals surface area (Å²) in [4.78, 5) is 20.3. The minimum Gasteiger partial charge on any atom is -0.496 e. The van der Waals surface area contributed by atoms with Crippen LogP contribution in [0.15, 0.2) is 42.5 Å². The zero-order chi connectivity index (χ0) is 18.6. The van der Waals surface area contributed by atoms with E-state index in [9.17, 15) is 4.79 Å². The molecule has 1 aromatic heterocycles. The van der Waals surface area contributed by atoms with Crippen molar-refractivity contribution in [3.05, 3.63) is 53.9 Å². The van der Waals surface area contributed by atoms with Crippen LogP contribution < -0.4 is 10.1 Å². The van der Waals surface area contributed by atoms with Crippen LogP contribution in [0, 0.1) is 0 Å². The van der Waals surface area contributed by atoms with E-state index in [-0.39, 0.29) is 12.0 Å². The van der Waals surface area contributed by atoms with E-state index < -0.39 is 0 Å². The van der Waals surface area contributed by atoms with Crippen LogP contribution in [0.2, 0.25) is 0 Å². The molecule has 4 rings (SSSR count). The van der Waals surface area contributed by atoms with E-state index in [1.807, 2.05) is 42.5 Å². The van der Waals surface area contributed by atoms with Crippen molar-refractivity contribution in [2.75, 3.05) is 19.0 Å². The van der Waals surface area contributed by atoms with Crippen LogP contribution >= 0.6 is 0 Å². The van der Waals surface area contributed by atoms with Gasteiger partial charge in [-0.1, -0.05) is 18.2 Å². The Kier molecular flexibility index (Phi) is 5.07. The number of benzene rings is 2. The van der Waals surface area contributed by atoms with Gasteiger partial charge < -0.3 is 19.8 Å². The number of carbonyl (C=O) groups is 1. The lowest BCUT2D eigenvalue weighted by atomic mass is 10.1. The lowest BCUT2D eigenvalue weighted by Gasteiger charge is -2.08. The molecule has 1 saturated heterocycles. The summed E-state index contributed by atoms with van der Waals surface area (Å²) in [6, 6.07) is 13.5. The first-order valence-corrected chi connectivity index (χ1v) is 9.26. The highest BCUT2D eigenvalue weighted by molar-refractivity contribution is 5.93. The molecule has 0 spiro atoms. The summed E-state index contributed by atoms with van der Waals surface area (Å²) in [5.41, 5.74) is 3.57. The molecule has 0 aliphatic carbocycles. The molecular weight excluding hydrogens is 342 g/mol. The third-order valence-electron chi connectivity index (χ3n) is 4.83. The predicted molar refractivity (Wildman–Crippen MR) is 104 cm³/mol. The summed E-state index contributed by atoms with van der Waals surface area (Å²) in [5.74, 6) is 1.65. The monoisotopic (exact) mass is 365 g/mol. The number of aryl methyl sites for hydroxylation is 1. The van der Waals surface area contributed by atoms with Gasteiger partial charge in [0.15, 0.2) is 0 Å². The summed E-state index contributed by atoms with van der Waals surface area (Å²) < 4.78 is 11.0. The number of rotatable bonds is 6. The number of nitrogens with one attached hydrogen (secondary N) is 2. The second-order valence-corrected chi connectivity index (χ2v) is 6.72. The van der Waals surface area contributed by atoms with Crippen molar-refractivity contribution in [1.82, 2.24) is 9.97 Å². The van der Waals surface area contributed by atoms with E-state index in [1.54, 1.807) is 7.11 Å². The molecule has 6 heteroatoms. The highest BCUT2D eigenvalue weighted by Crippen LogP contribution is 2.28. The molecule has 0 saturated carbocycles. The van der Waals surface area contributed by atoms with Crippen LogP contribution in [-0.4, -0.2) is 29.6 Å². The summed E-state index contributed by atoms with van der Waals surface area (Å²) in [7, 11) is 1.64. The van der Waals surface area contributed by atoms with E-state index in [2.05, 4.69) is 15.3 Å². The second kappa shape index (κ2) is 7.80. The van der Waals surface area contributed by atoms with Crippen molar-refractivity contribution in [3.63, 3.8) is 0 Å². The van der Waals surface area contributed by atoms with Crippen LogP contribution in [0.3, 0.4) is 0 Å². The Hall–Kier alpha value is -2.86. The molecule has 140 valence electrons. The smallest absolute Gasteiger partial charge is 0.224 e. The second-order valence-electron chi connectivity index (χ2n) is 6.72. The summed E-state index contributed by atoms with van der Waals surface area (Å²) in [6.45, 7) is 0.787. The number of amides is 1. The zero-order valence-electron chi connectivity index (χ0n) is 15.3. The van der Waals surface area contributed by atoms with E-state index >= 15 is 0 Å². The topological polar surface area (TPSA) is 76.2 Å². The van der Waals surface area contributed by atoms with E-state index in [0.717, 1.165) is 53.3 Å². The highest BCUT2D eigenvalue weighted by Gasteiger charge is 2.21. The highest BCUT2D eigenvalue weighted by atomic mass is 16.5. The third-order valence-corrected chi connectivity index (χ3v) is 4.83. The molecule has 27 heavy (non-hydrogen) atoms. The molecule has 2 heterocycles. The van der Waals surface area contributed by atoms with Crippen molar-refractivity contribution in [3.8, 4) is 5.75 Å². The van der Waals surface area contributed by atoms with Gasteiger partial charge in [-0.05, 0) is 49.1 Å². The zero-order valence-corrected chi connectivity index (χ0v) is 15.3. The van der Waals surface area contributed by atoms with Crippen LogP contribution in [0.25, 0.3) is 11.0 Å². The molecule has 1 aliphatic heterocycles. The van der Waals surface area contributed by atoms with Crippen molar-refractivity contribution in [2.24, 2.45) is 0 Å². The van der Waals surface area contributed by atoms with Crippen molar-refractivity contribution in [2.45, 2.75) is 31.8 Å². The Morgan fingerprint density at radius 1 is 1.33 bits per heavy atom. The summed E-state index contributed by atoms with van der Waals surface area (Å²) in [5, 5.41) is 2.96. The Morgan fingerprint density at radius 2 is 2.22 bits per heavy atom. The first kappa shape index (κ1) is 17.5. The molecule has 1 amide bonds. The maximum absolute atomic E-state index is 12.3. The molecule has 2 aromatic carbocycles.